The molecule has 0 saturated carbocycles. The fraction of sp³-hybridized carbons (Fsp3) is 0.211. The predicted molar refractivity (Wildman–Crippen MR) is 104 cm³/mol. The molecule has 1 aromatic heterocycles. The van der Waals surface area contributed by atoms with Gasteiger partial charge in [0.05, 0.1) is 13.1 Å². The Kier molecular flexibility index (Phi) is 5.80. The van der Waals surface area contributed by atoms with Crippen LogP contribution in [0.15, 0.2) is 57.4 Å². The van der Waals surface area contributed by atoms with Gasteiger partial charge in [-0.15, -0.1) is 10.2 Å². The van der Waals surface area contributed by atoms with Crippen LogP contribution in [0.1, 0.15) is 11.5 Å². The maximum absolute atomic E-state index is 12.2. The van der Waals surface area contributed by atoms with Gasteiger partial charge in [-0.1, -0.05) is 34.1 Å². The van der Waals surface area contributed by atoms with Crippen LogP contribution in [0.2, 0.25) is 0 Å². The van der Waals surface area contributed by atoms with E-state index in [1.807, 2.05) is 67.4 Å². The van der Waals surface area contributed by atoms with Crippen molar-refractivity contribution in [1.29, 1.82) is 0 Å². The van der Waals surface area contributed by atoms with Crippen molar-refractivity contribution < 1.29 is 9.21 Å². The SMILES string of the molecule is Cc1cc(Br)ccc1NC(=O)CN(C)Cc1nnc(-c2ccccc2)o1. The zero-order valence-corrected chi connectivity index (χ0v) is 16.2. The molecular weight excluding hydrogens is 396 g/mol. The Morgan fingerprint density at radius 2 is 1.96 bits per heavy atom. The van der Waals surface area contributed by atoms with Gasteiger partial charge >= 0.3 is 0 Å². The van der Waals surface area contributed by atoms with Gasteiger partial charge in [0.15, 0.2) is 0 Å². The molecule has 0 spiro atoms. The van der Waals surface area contributed by atoms with Crippen molar-refractivity contribution >= 4 is 27.5 Å². The summed E-state index contributed by atoms with van der Waals surface area (Å²) in [5, 5.41) is 11.0. The third kappa shape index (κ3) is 4.77. The average molecular weight is 415 g/mol. The lowest BCUT2D eigenvalue weighted by Crippen LogP contribution is -2.30. The highest BCUT2D eigenvalue weighted by Gasteiger charge is 2.13. The Morgan fingerprint density at radius 1 is 1.19 bits per heavy atom. The van der Waals surface area contributed by atoms with E-state index >= 15 is 0 Å². The summed E-state index contributed by atoms with van der Waals surface area (Å²) in [6.07, 6.45) is 0. The lowest BCUT2D eigenvalue weighted by molar-refractivity contribution is -0.117. The van der Waals surface area contributed by atoms with E-state index in [1.54, 1.807) is 0 Å². The van der Waals surface area contributed by atoms with Crippen LogP contribution in [0.25, 0.3) is 11.5 Å². The molecule has 1 amide bonds. The van der Waals surface area contributed by atoms with Crippen molar-refractivity contribution in [2.45, 2.75) is 13.5 Å². The third-order valence-electron chi connectivity index (χ3n) is 3.77. The first-order valence-electron chi connectivity index (χ1n) is 8.13. The summed E-state index contributed by atoms with van der Waals surface area (Å²) in [6, 6.07) is 15.3. The maximum Gasteiger partial charge on any atom is 0.247 e. The first-order valence-corrected chi connectivity index (χ1v) is 8.93. The molecule has 2 aromatic carbocycles. The van der Waals surface area contributed by atoms with Gasteiger partial charge in [0, 0.05) is 15.7 Å². The standard InChI is InChI=1S/C19H19BrN4O2/c1-13-10-15(20)8-9-16(13)21-17(25)11-24(2)12-18-22-23-19(26-18)14-6-4-3-5-7-14/h3-10H,11-12H2,1-2H3,(H,21,25). The topological polar surface area (TPSA) is 71.3 Å². The van der Waals surface area contributed by atoms with Gasteiger partial charge in [-0.3, -0.25) is 9.69 Å². The number of anilines is 1. The average Bonchev–Trinajstić information content (AvgIpc) is 3.06. The fourth-order valence-electron chi connectivity index (χ4n) is 2.50. The Hall–Kier alpha value is -2.51. The number of hydrogen-bond acceptors (Lipinski definition) is 5. The molecule has 0 aliphatic heterocycles. The summed E-state index contributed by atoms with van der Waals surface area (Å²) in [5.41, 5.74) is 2.67. The molecule has 134 valence electrons. The van der Waals surface area contributed by atoms with Crippen molar-refractivity contribution in [2.75, 3.05) is 18.9 Å². The Bertz CT molecular complexity index is 896. The van der Waals surface area contributed by atoms with Gasteiger partial charge in [-0.2, -0.15) is 0 Å². The van der Waals surface area contributed by atoms with Gasteiger partial charge in [0.2, 0.25) is 17.7 Å². The molecule has 0 radical (unpaired) electrons. The normalized spacial score (nSPS) is 10.9. The third-order valence-corrected chi connectivity index (χ3v) is 4.26. The molecule has 0 fully saturated rings. The number of nitrogens with one attached hydrogen (secondary N) is 1. The smallest absolute Gasteiger partial charge is 0.247 e. The zero-order valence-electron chi connectivity index (χ0n) is 14.6. The second-order valence-corrected chi connectivity index (χ2v) is 6.96. The van der Waals surface area contributed by atoms with E-state index in [9.17, 15) is 4.79 Å². The number of carbonyl (C=O) groups excluding carboxylic acids is 1. The molecule has 1 N–H and O–H groups in total. The predicted octanol–water partition coefficient (Wildman–Crippen LogP) is 3.88. The number of carbonyl (C=O) groups is 1. The van der Waals surface area contributed by atoms with Crippen molar-refractivity contribution in [3.63, 3.8) is 0 Å². The molecule has 3 aromatic rings. The van der Waals surface area contributed by atoms with Crippen molar-refractivity contribution in [1.82, 2.24) is 15.1 Å². The molecule has 6 nitrogen and oxygen atoms in total. The van der Waals surface area contributed by atoms with E-state index in [2.05, 4.69) is 31.4 Å². The van der Waals surface area contributed by atoms with Gasteiger partial charge in [0.1, 0.15) is 0 Å². The molecule has 0 saturated heterocycles. The van der Waals surface area contributed by atoms with Crippen LogP contribution in [-0.4, -0.2) is 34.6 Å². The van der Waals surface area contributed by atoms with Crippen LogP contribution in [0.3, 0.4) is 0 Å². The molecule has 1 heterocycles. The van der Waals surface area contributed by atoms with Crippen molar-refractivity contribution in [3.8, 4) is 11.5 Å². The zero-order chi connectivity index (χ0) is 18.5. The van der Waals surface area contributed by atoms with Gasteiger partial charge in [-0.25, -0.2) is 0 Å². The first kappa shape index (κ1) is 18.3. The number of hydrogen-bond donors (Lipinski definition) is 1. The van der Waals surface area contributed by atoms with E-state index < -0.39 is 0 Å². The van der Waals surface area contributed by atoms with Crippen molar-refractivity contribution in [3.05, 3.63) is 64.5 Å². The van der Waals surface area contributed by atoms with Crippen LogP contribution in [0.4, 0.5) is 5.69 Å². The number of rotatable bonds is 6. The van der Waals surface area contributed by atoms with Crippen LogP contribution in [0.5, 0.6) is 0 Å². The Morgan fingerprint density at radius 3 is 2.69 bits per heavy atom. The van der Waals surface area contributed by atoms with E-state index in [1.165, 1.54) is 0 Å². The highest BCUT2D eigenvalue weighted by atomic mass is 79.9. The van der Waals surface area contributed by atoms with Gasteiger partial charge < -0.3 is 9.73 Å². The summed E-state index contributed by atoms with van der Waals surface area (Å²) >= 11 is 3.41. The lowest BCUT2D eigenvalue weighted by atomic mass is 10.2. The number of benzene rings is 2. The maximum atomic E-state index is 12.2. The second kappa shape index (κ2) is 8.25. The second-order valence-electron chi connectivity index (χ2n) is 6.05. The van der Waals surface area contributed by atoms with Gasteiger partial charge in [-0.05, 0) is 49.9 Å². The van der Waals surface area contributed by atoms with Gasteiger partial charge in [0.25, 0.3) is 0 Å². The molecule has 0 aliphatic carbocycles. The quantitative estimate of drug-likeness (QED) is 0.662. The minimum absolute atomic E-state index is 0.0966. The molecule has 3 rings (SSSR count). The van der Waals surface area contributed by atoms with Crippen LogP contribution in [0, 0.1) is 6.92 Å². The fourth-order valence-corrected chi connectivity index (χ4v) is 2.98. The molecule has 0 atom stereocenters. The van der Waals surface area contributed by atoms with Crippen LogP contribution >= 0.6 is 15.9 Å². The van der Waals surface area contributed by atoms with Crippen LogP contribution in [-0.2, 0) is 11.3 Å². The monoisotopic (exact) mass is 414 g/mol. The number of halogens is 1. The lowest BCUT2D eigenvalue weighted by Gasteiger charge is -2.15. The Labute approximate surface area is 160 Å². The minimum atomic E-state index is -0.0966. The van der Waals surface area contributed by atoms with Crippen molar-refractivity contribution in [2.24, 2.45) is 0 Å². The molecular formula is C19H19BrN4O2. The summed E-state index contributed by atoms with van der Waals surface area (Å²) in [7, 11) is 1.83. The number of nitrogens with zero attached hydrogens (tertiary/aromatic N) is 3. The highest BCUT2D eigenvalue weighted by molar-refractivity contribution is 9.10. The minimum Gasteiger partial charge on any atom is -0.419 e. The van der Waals surface area contributed by atoms with E-state index in [0.717, 1.165) is 21.3 Å². The Balaban J connectivity index is 1.56. The number of amides is 1. The molecule has 0 unspecified atom stereocenters. The molecule has 0 aliphatic rings. The summed E-state index contributed by atoms with van der Waals surface area (Å²) < 4.78 is 6.65. The highest BCUT2D eigenvalue weighted by Crippen LogP contribution is 2.20. The molecule has 26 heavy (non-hydrogen) atoms. The van der Waals surface area contributed by atoms with E-state index in [-0.39, 0.29) is 12.5 Å². The number of aromatic nitrogens is 2. The molecule has 7 heteroatoms. The molecule has 0 bridgehead atoms. The summed E-state index contributed by atoms with van der Waals surface area (Å²) in [5.74, 6) is 0.851. The number of likely N-dealkylation sites (N-methyl/N-ethyl adjacent to an activating group) is 1. The van der Waals surface area contributed by atoms with E-state index in [0.29, 0.717) is 18.3 Å². The largest absolute Gasteiger partial charge is 0.419 e. The van der Waals surface area contributed by atoms with Crippen LogP contribution < -0.4 is 5.32 Å². The first-order chi connectivity index (χ1) is 12.5. The number of aryl methyl sites for hydroxylation is 1. The van der Waals surface area contributed by atoms with E-state index in [4.69, 9.17) is 4.42 Å². The summed E-state index contributed by atoms with van der Waals surface area (Å²) in [4.78, 5) is 14.1. The summed E-state index contributed by atoms with van der Waals surface area (Å²) in [6.45, 7) is 2.57.